The highest BCUT2D eigenvalue weighted by molar-refractivity contribution is 7.99. The molecule has 19 heavy (non-hydrogen) atoms. The highest BCUT2D eigenvalue weighted by atomic mass is 32.2. The first kappa shape index (κ1) is 13.8. The van der Waals surface area contributed by atoms with Crippen molar-refractivity contribution in [2.24, 2.45) is 0 Å². The summed E-state index contributed by atoms with van der Waals surface area (Å²) in [7, 11) is 0. The fourth-order valence-corrected chi connectivity index (χ4v) is 2.85. The molecule has 1 saturated heterocycles. The van der Waals surface area contributed by atoms with Gasteiger partial charge in [0.05, 0.1) is 11.0 Å². The van der Waals surface area contributed by atoms with E-state index in [4.69, 9.17) is 0 Å². The summed E-state index contributed by atoms with van der Waals surface area (Å²) in [6, 6.07) is 4.57. The van der Waals surface area contributed by atoms with Gasteiger partial charge >= 0.3 is 0 Å². The molecule has 7 heteroatoms. The molecule has 2 rings (SSSR count). The third-order valence-corrected chi connectivity index (χ3v) is 3.90. The Morgan fingerprint density at radius 2 is 2.42 bits per heavy atom. The number of nitro groups is 1. The van der Waals surface area contributed by atoms with Crippen molar-refractivity contribution < 1.29 is 9.72 Å². The van der Waals surface area contributed by atoms with Crippen molar-refractivity contribution >= 4 is 29.0 Å². The second kappa shape index (κ2) is 6.03. The van der Waals surface area contributed by atoms with Gasteiger partial charge < -0.3 is 5.32 Å². The van der Waals surface area contributed by atoms with Crippen LogP contribution in [0.1, 0.15) is 12.5 Å². The number of hydrogen-bond donors (Lipinski definition) is 2. The number of nitrogens with one attached hydrogen (secondary N) is 2. The summed E-state index contributed by atoms with van der Waals surface area (Å²) in [6.07, 6.45) is 0.589. The maximum atomic E-state index is 11.9. The fourth-order valence-electron chi connectivity index (χ4n) is 1.90. The van der Waals surface area contributed by atoms with E-state index >= 15 is 0 Å². The molecule has 1 atom stereocenters. The number of nitro benzene ring substituents is 1. The van der Waals surface area contributed by atoms with Gasteiger partial charge in [0.25, 0.3) is 5.69 Å². The highest BCUT2D eigenvalue weighted by Crippen LogP contribution is 2.24. The van der Waals surface area contributed by atoms with Crippen LogP contribution in [0.4, 0.5) is 11.4 Å². The molecule has 1 amide bonds. The number of carbonyl (C=O) groups excluding carboxylic acids is 1. The molecule has 1 aromatic carbocycles. The van der Waals surface area contributed by atoms with Crippen molar-refractivity contribution in [3.05, 3.63) is 33.9 Å². The van der Waals surface area contributed by atoms with Crippen LogP contribution in [0.3, 0.4) is 0 Å². The number of carbonyl (C=O) groups is 1. The first-order valence-electron chi connectivity index (χ1n) is 6.01. The molecule has 1 aromatic rings. The van der Waals surface area contributed by atoms with Crippen LogP contribution in [0.5, 0.6) is 0 Å². The van der Waals surface area contributed by atoms with Gasteiger partial charge in [0, 0.05) is 28.9 Å². The Kier molecular flexibility index (Phi) is 4.39. The van der Waals surface area contributed by atoms with E-state index in [0.29, 0.717) is 17.7 Å². The Morgan fingerprint density at radius 3 is 3.00 bits per heavy atom. The van der Waals surface area contributed by atoms with Crippen LogP contribution in [0.2, 0.25) is 0 Å². The van der Waals surface area contributed by atoms with Crippen LogP contribution in [0, 0.1) is 10.1 Å². The van der Waals surface area contributed by atoms with Crippen LogP contribution in [-0.2, 0) is 11.2 Å². The van der Waals surface area contributed by atoms with E-state index in [9.17, 15) is 14.9 Å². The largest absolute Gasteiger partial charge is 0.324 e. The van der Waals surface area contributed by atoms with Crippen LogP contribution >= 0.6 is 11.8 Å². The van der Waals surface area contributed by atoms with E-state index in [-0.39, 0.29) is 17.6 Å². The lowest BCUT2D eigenvalue weighted by Crippen LogP contribution is -2.37. The van der Waals surface area contributed by atoms with Crippen LogP contribution in [0.25, 0.3) is 0 Å². The lowest BCUT2D eigenvalue weighted by atomic mass is 10.1. The zero-order valence-corrected chi connectivity index (χ0v) is 11.3. The highest BCUT2D eigenvalue weighted by Gasteiger charge is 2.23. The molecule has 2 N–H and O–H groups in total. The zero-order valence-electron chi connectivity index (χ0n) is 10.5. The minimum absolute atomic E-state index is 0.0501. The normalized spacial score (nSPS) is 18.3. The van der Waals surface area contributed by atoms with Crippen molar-refractivity contribution in [1.29, 1.82) is 0 Å². The molecule has 1 aliphatic rings. The van der Waals surface area contributed by atoms with Crippen molar-refractivity contribution in [2.45, 2.75) is 19.4 Å². The number of benzene rings is 1. The Bertz CT molecular complexity index is 501. The molecule has 102 valence electrons. The van der Waals surface area contributed by atoms with Crippen LogP contribution in [0.15, 0.2) is 18.2 Å². The zero-order chi connectivity index (χ0) is 13.8. The van der Waals surface area contributed by atoms with E-state index in [0.717, 1.165) is 11.6 Å². The molecule has 1 aliphatic heterocycles. The maximum Gasteiger partial charge on any atom is 0.274 e. The number of rotatable bonds is 4. The van der Waals surface area contributed by atoms with Crippen LogP contribution in [-0.4, -0.2) is 28.5 Å². The van der Waals surface area contributed by atoms with Gasteiger partial charge in [-0.2, -0.15) is 0 Å². The van der Waals surface area contributed by atoms with E-state index in [1.165, 1.54) is 6.07 Å². The minimum Gasteiger partial charge on any atom is -0.324 e. The molecule has 0 spiro atoms. The predicted octanol–water partition coefficient (Wildman–Crippen LogP) is 1.76. The topological polar surface area (TPSA) is 84.3 Å². The predicted molar refractivity (Wildman–Crippen MR) is 75.4 cm³/mol. The summed E-state index contributed by atoms with van der Waals surface area (Å²) < 4.78 is 0. The summed E-state index contributed by atoms with van der Waals surface area (Å²) in [6.45, 7) is 1.86. The summed E-state index contributed by atoms with van der Waals surface area (Å²) >= 11 is 1.66. The van der Waals surface area contributed by atoms with Gasteiger partial charge in [0.1, 0.15) is 0 Å². The minimum atomic E-state index is -0.418. The van der Waals surface area contributed by atoms with Crippen LogP contribution < -0.4 is 10.6 Å². The number of aryl methyl sites for hydroxylation is 1. The lowest BCUT2D eigenvalue weighted by Gasteiger charge is -2.11. The molecule has 0 aromatic heterocycles. The van der Waals surface area contributed by atoms with E-state index in [2.05, 4.69) is 10.6 Å². The summed E-state index contributed by atoms with van der Waals surface area (Å²) in [5, 5.41) is 16.7. The van der Waals surface area contributed by atoms with Crippen molar-refractivity contribution in [1.82, 2.24) is 5.32 Å². The summed E-state index contributed by atoms with van der Waals surface area (Å²) in [4.78, 5) is 22.4. The maximum absolute atomic E-state index is 11.9. The van der Waals surface area contributed by atoms with E-state index < -0.39 is 4.92 Å². The lowest BCUT2D eigenvalue weighted by molar-refractivity contribution is -0.385. The fraction of sp³-hybridized carbons (Fsp3) is 0.417. The van der Waals surface area contributed by atoms with Gasteiger partial charge in [0.2, 0.25) is 5.91 Å². The quantitative estimate of drug-likeness (QED) is 0.649. The van der Waals surface area contributed by atoms with E-state index in [1.807, 2.05) is 6.92 Å². The van der Waals surface area contributed by atoms with E-state index in [1.54, 1.807) is 23.9 Å². The number of amides is 1. The number of thioether (sulfide) groups is 1. The monoisotopic (exact) mass is 281 g/mol. The number of hydrogen-bond acceptors (Lipinski definition) is 5. The van der Waals surface area contributed by atoms with Gasteiger partial charge in [-0.25, -0.2) is 0 Å². The Hall–Kier alpha value is -1.60. The number of nitrogens with zero attached hydrogens (tertiary/aromatic N) is 1. The second-order valence-electron chi connectivity index (χ2n) is 4.22. The smallest absolute Gasteiger partial charge is 0.274 e. The van der Waals surface area contributed by atoms with Gasteiger partial charge in [-0.1, -0.05) is 13.0 Å². The van der Waals surface area contributed by atoms with Gasteiger partial charge in [-0.3, -0.25) is 20.2 Å². The molecule has 0 saturated carbocycles. The molecule has 0 radical (unpaired) electrons. The first-order valence-corrected chi connectivity index (χ1v) is 7.16. The average Bonchev–Trinajstić information content (AvgIpc) is 2.92. The Labute approximate surface area is 115 Å². The summed E-state index contributed by atoms with van der Waals surface area (Å²) in [5.41, 5.74) is 1.18. The Morgan fingerprint density at radius 1 is 1.63 bits per heavy atom. The van der Waals surface area contributed by atoms with Crippen molar-refractivity contribution in [3.8, 4) is 0 Å². The van der Waals surface area contributed by atoms with Gasteiger partial charge in [0.15, 0.2) is 0 Å². The number of anilines is 1. The van der Waals surface area contributed by atoms with Gasteiger partial charge in [-0.05, 0) is 12.5 Å². The Balaban J connectivity index is 2.14. The molecular formula is C12H15N3O3S. The third kappa shape index (κ3) is 3.24. The molecule has 1 heterocycles. The molecule has 6 nitrogen and oxygen atoms in total. The molecule has 0 bridgehead atoms. The van der Waals surface area contributed by atoms with Gasteiger partial charge in [-0.15, -0.1) is 11.8 Å². The first-order chi connectivity index (χ1) is 9.11. The molecular weight excluding hydrogens is 266 g/mol. The SMILES string of the molecule is CCc1ccc(NC(=O)C2CSCN2)cc1[N+](=O)[O-]. The molecule has 1 fully saturated rings. The molecule has 1 unspecified atom stereocenters. The second-order valence-corrected chi connectivity index (χ2v) is 5.25. The third-order valence-electron chi connectivity index (χ3n) is 2.96. The summed E-state index contributed by atoms with van der Waals surface area (Å²) in [5.74, 6) is 1.33. The molecule has 0 aliphatic carbocycles. The standard InChI is InChI=1S/C12H15N3O3S/c1-2-8-3-4-9(5-11(8)15(17)18)14-12(16)10-6-19-7-13-10/h3-5,10,13H,2,6-7H2,1H3,(H,14,16). The average molecular weight is 281 g/mol. The van der Waals surface area contributed by atoms with Crippen molar-refractivity contribution in [3.63, 3.8) is 0 Å². The van der Waals surface area contributed by atoms with Crippen molar-refractivity contribution in [2.75, 3.05) is 16.9 Å².